The van der Waals surface area contributed by atoms with Crippen LogP contribution in [-0.2, 0) is 6.42 Å². The van der Waals surface area contributed by atoms with Crippen molar-refractivity contribution in [2.75, 3.05) is 6.54 Å². The maximum atomic E-state index is 10.2. The lowest BCUT2D eigenvalue weighted by atomic mass is 9.99. The van der Waals surface area contributed by atoms with Crippen molar-refractivity contribution in [3.63, 3.8) is 0 Å². The SMILES string of the molecule is CCC(C)(C)NCC(O)c1ccc(CC(C)C)cc1. The molecule has 0 aliphatic carbocycles. The van der Waals surface area contributed by atoms with Crippen LogP contribution in [0.25, 0.3) is 0 Å². The van der Waals surface area contributed by atoms with Crippen LogP contribution in [0.2, 0.25) is 0 Å². The Kier molecular flexibility index (Phi) is 6.02. The molecule has 1 rings (SSSR count). The highest BCUT2D eigenvalue weighted by Crippen LogP contribution is 2.16. The molecule has 1 aromatic carbocycles. The van der Waals surface area contributed by atoms with E-state index in [1.807, 2.05) is 12.1 Å². The largest absolute Gasteiger partial charge is 0.387 e. The molecule has 1 atom stereocenters. The van der Waals surface area contributed by atoms with Crippen molar-refractivity contribution in [3.8, 4) is 0 Å². The molecule has 2 nitrogen and oxygen atoms in total. The summed E-state index contributed by atoms with van der Waals surface area (Å²) in [5.41, 5.74) is 2.41. The fourth-order valence-electron chi connectivity index (χ4n) is 1.96. The van der Waals surface area contributed by atoms with E-state index >= 15 is 0 Å². The normalized spacial score (nSPS) is 13.8. The van der Waals surface area contributed by atoms with Crippen molar-refractivity contribution in [3.05, 3.63) is 35.4 Å². The van der Waals surface area contributed by atoms with Crippen LogP contribution >= 0.6 is 0 Å². The van der Waals surface area contributed by atoms with Crippen molar-refractivity contribution in [2.45, 2.75) is 59.1 Å². The molecule has 0 radical (unpaired) electrons. The van der Waals surface area contributed by atoms with Gasteiger partial charge in [0.1, 0.15) is 0 Å². The second kappa shape index (κ2) is 7.06. The Morgan fingerprint density at radius 3 is 2.21 bits per heavy atom. The average Bonchev–Trinajstić information content (AvgIpc) is 2.36. The van der Waals surface area contributed by atoms with Crippen LogP contribution in [-0.4, -0.2) is 17.2 Å². The third kappa shape index (κ3) is 5.75. The zero-order chi connectivity index (χ0) is 14.5. The van der Waals surface area contributed by atoms with Crippen molar-refractivity contribution in [1.82, 2.24) is 5.32 Å². The summed E-state index contributed by atoms with van der Waals surface area (Å²) < 4.78 is 0. The maximum absolute atomic E-state index is 10.2. The molecule has 0 bridgehead atoms. The molecular weight excluding hydrogens is 234 g/mol. The van der Waals surface area contributed by atoms with Crippen molar-refractivity contribution >= 4 is 0 Å². The highest BCUT2D eigenvalue weighted by molar-refractivity contribution is 5.24. The van der Waals surface area contributed by atoms with E-state index in [-0.39, 0.29) is 5.54 Å². The van der Waals surface area contributed by atoms with Crippen LogP contribution in [0.15, 0.2) is 24.3 Å². The number of nitrogens with one attached hydrogen (secondary N) is 1. The van der Waals surface area contributed by atoms with E-state index in [4.69, 9.17) is 0 Å². The molecule has 0 saturated heterocycles. The lowest BCUT2D eigenvalue weighted by Crippen LogP contribution is -2.40. The van der Waals surface area contributed by atoms with E-state index in [0.717, 1.165) is 18.4 Å². The first-order valence-electron chi connectivity index (χ1n) is 7.36. The molecular formula is C17H29NO. The van der Waals surface area contributed by atoms with Crippen molar-refractivity contribution in [2.24, 2.45) is 5.92 Å². The molecule has 0 fully saturated rings. The molecule has 0 aromatic heterocycles. The Morgan fingerprint density at radius 2 is 1.74 bits per heavy atom. The smallest absolute Gasteiger partial charge is 0.0914 e. The molecule has 0 aliphatic rings. The number of rotatable bonds is 7. The Bertz CT molecular complexity index is 367. The van der Waals surface area contributed by atoms with Crippen LogP contribution in [0, 0.1) is 5.92 Å². The van der Waals surface area contributed by atoms with Crippen LogP contribution in [0.5, 0.6) is 0 Å². The Morgan fingerprint density at radius 1 is 1.16 bits per heavy atom. The summed E-state index contributed by atoms with van der Waals surface area (Å²) in [5, 5.41) is 13.6. The number of hydrogen-bond acceptors (Lipinski definition) is 2. The molecule has 0 saturated carbocycles. The molecule has 0 amide bonds. The molecule has 0 heterocycles. The second-order valence-electron chi connectivity index (χ2n) is 6.47. The predicted octanol–water partition coefficient (Wildman–Crippen LogP) is 3.70. The van der Waals surface area contributed by atoms with E-state index in [9.17, 15) is 5.11 Å². The van der Waals surface area contributed by atoms with Gasteiger partial charge in [0, 0.05) is 12.1 Å². The van der Waals surface area contributed by atoms with Crippen molar-refractivity contribution in [1.29, 1.82) is 0 Å². The molecule has 1 unspecified atom stereocenters. The Hall–Kier alpha value is -0.860. The number of hydrogen-bond donors (Lipinski definition) is 2. The summed E-state index contributed by atoms with van der Waals surface area (Å²) in [5.74, 6) is 0.669. The lowest BCUT2D eigenvalue weighted by Gasteiger charge is -2.26. The monoisotopic (exact) mass is 263 g/mol. The fourth-order valence-corrected chi connectivity index (χ4v) is 1.96. The summed E-state index contributed by atoms with van der Waals surface area (Å²) >= 11 is 0. The molecule has 1 aromatic rings. The average molecular weight is 263 g/mol. The summed E-state index contributed by atoms with van der Waals surface area (Å²) in [4.78, 5) is 0. The number of aliphatic hydroxyl groups excluding tert-OH is 1. The molecule has 2 N–H and O–H groups in total. The third-order valence-corrected chi connectivity index (χ3v) is 3.67. The minimum Gasteiger partial charge on any atom is -0.387 e. The third-order valence-electron chi connectivity index (χ3n) is 3.67. The number of β-amino-alcohol motifs (C(OH)–C–C–N with tert-alkyl or cyclic N) is 1. The van der Waals surface area contributed by atoms with Gasteiger partial charge in [-0.05, 0) is 43.7 Å². The standard InChI is InChI=1S/C17H29NO/c1-6-17(4,5)18-12-16(19)15-9-7-14(8-10-15)11-13(2)3/h7-10,13,16,18-19H,6,11-12H2,1-5H3. The predicted molar refractivity (Wildman–Crippen MR) is 82.3 cm³/mol. The summed E-state index contributed by atoms with van der Waals surface area (Å²) in [7, 11) is 0. The zero-order valence-corrected chi connectivity index (χ0v) is 13.0. The van der Waals surface area contributed by atoms with E-state index in [0.29, 0.717) is 12.5 Å². The second-order valence-corrected chi connectivity index (χ2v) is 6.47. The molecule has 0 spiro atoms. The zero-order valence-electron chi connectivity index (χ0n) is 13.0. The molecule has 0 aliphatic heterocycles. The first-order valence-corrected chi connectivity index (χ1v) is 7.36. The first-order chi connectivity index (χ1) is 8.84. The van der Waals surface area contributed by atoms with Gasteiger partial charge < -0.3 is 10.4 Å². The topological polar surface area (TPSA) is 32.3 Å². The summed E-state index contributed by atoms with van der Waals surface area (Å²) in [6.07, 6.45) is 1.71. The minimum absolute atomic E-state index is 0.0819. The van der Waals surface area contributed by atoms with Gasteiger partial charge in [-0.25, -0.2) is 0 Å². The van der Waals surface area contributed by atoms with E-state index in [1.54, 1.807) is 0 Å². The van der Waals surface area contributed by atoms with Crippen molar-refractivity contribution < 1.29 is 5.11 Å². The summed E-state index contributed by atoms with van der Waals surface area (Å²) in [6, 6.07) is 8.35. The van der Waals surface area contributed by atoms with E-state index in [2.05, 4.69) is 52.1 Å². The van der Waals surface area contributed by atoms with Crippen LogP contribution in [0.3, 0.4) is 0 Å². The van der Waals surface area contributed by atoms with E-state index in [1.165, 1.54) is 5.56 Å². The Balaban J connectivity index is 2.55. The fraction of sp³-hybridized carbons (Fsp3) is 0.647. The van der Waals surface area contributed by atoms with Gasteiger partial charge in [-0.15, -0.1) is 0 Å². The quantitative estimate of drug-likeness (QED) is 0.786. The van der Waals surface area contributed by atoms with Crippen LogP contribution in [0.4, 0.5) is 0 Å². The highest BCUT2D eigenvalue weighted by atomic mass is 16.3. The highest BCUT2D eigenvalue weighted by Gasteiger charge is 2.16. The van der Waals surface area contributed by atoms with Gasteiger partial charge in [-0.1, -0.05) is 45.0 Å². The van der Waals surface area contributed by atoms with E-state index < -0.39 is 6.10 Å². The minimum atomic E-state index is -0.432. The first kappa shape index (κ1) is 16.2. The van der Waals surface area contributed by atoms with Gasteiger partial charge in [-0.3, -0.25) is 0 Å². The molecule has 2 heteroatoms. The van der Waals surface area contributed by atoms with Crippen LogP contribution in [0.1, 0.15) is 58.3 Å². The molecule has 19 heavy (non-hydrogen) atoms. The van der Waals surface area contributed by atoms with Gasteiger partial charge in [-0.2, -0.15) is 0 Å². The van der Waals surface area contributed by atoms with Gasteiger partial charge in [0.15, 0.2) is 0 Å². The Labute approximate surface area is 118 Å². The lowest BCUT2D eigenvalue weighted by molar-refractivity contribution is 0.160. The van der Waals surface area contributed by atoms with Gasteiger partial charge in [0.05, 0.1) is 6.10 Å². The summed E-state index contributed by atoms with van der Waals surface area (Å²) in [6.45, 7) is 11.5. The number of benzene rings is 1. The van der Waals surface area contributed by atoms with Gasteiger partial charge in [0.25, 0.3) is 0 Å². The maximum Gasteiger partial charge on any atom is 0.0914 e. The number of aliphatic hydroxyl groups is 1. The van der Waals surface area contributed by atoms with Gasteiger partial charge >= 0.3 is 0 Å². The van der Waals surface area contributed by atoms with Crippen LogP contribution < -0.4 is 5.32 Å². The van der Waals surface area contributed by atoms with Gasteiger partial charge in [0.2, 0.25) is 0 Å². The molecule has 108 valence electrons.